The molecule has 1 aliphatic heterocycles. The molecule has 0 bridgehead atoms. The van der Waals surface area contributed by atoms with Crippen LogP contribution in [0.5, 0.6) is 0 Å². The summed E-state index contributed by atoms with van der Waals surface area (Å²) in [7, 11) is 3.75. The number of likely N-dealkylation sites (N-methyl/N-ethyl adjacent to an activating group) is 2. The summed E-state index contributed by atoms with van der Waals surface area (Å²) in [6, 6.07) is -0.0363. The van der Waals surface area contributed by atoms with Crippen molar-refractivity contribution in [1.29, 1.82) is 0 Å². The average Bonchev–Trinajstić information content (AvgIpc) is 2.35. The Bertz CT molecular complexity index is 217. The molecule has 1 rings (SSSR count). The number of hydrogen-bond acceptors (Lipinski definition) is 4. The van der Waals surface area contributed by atoms with Gasteiger partial charge in [-0.2, -0.15) is 0 Å². The topological polar surface area (TPSA) is 44.8 Å². The predicted molar refractivity (Wildman–Crippen MR) is 63.4 cm³/mol. The van der Waals surface area contributed by atoms with Crippen molar-refractivity contribution < 1.29 is 9.53 Å². The fourth-order valence-corrected chi connectivity index (χ4v) is 1.83. The van der Waals surface area contributed by atoms with Gasteiger partial charge >= 0.3 is 0 Å². The zero-order valence-electron chi connectivity index (χ0n) is 10.5. The molecular weight excluding hydrogens is 206 g/mol. The summed E-state index contributed by atoms with van der Waals surface area (Å²) in [5.41, 5.74) is 0. The highest BCUT2D eigenvalue weighted by Crippen LogP contribution is 2.06. The van der Waals surface area contributed by atoms with Crippen molar-refractivity contribution >= 4 is 5.91 Å². The molecule has 1 heterocycles. The third-order valence-electron chi connectivity index (χ3n) is 3.02. The van der Waals surface area contributed by atoms with Gasteiger partial charge in [0.2, 0.25) is 5.91 Å². The van der Waals surface area contributed by atoms with E-state index in [4.69, 9.17) is 4.74 Å². The van der Waals surface area contributed by atoms with E-state index >= 15 is 0 Å². The van der Waals surface area contributed by atoms with E-state index < -0.39 is 0 Å². The quantitative estimate of drug-likeness (QED) is 0.683. The van der Waals surface area contributed by atoms with Crippen LogP contribution in [0.25, 0.3) is 0 Å². The van der Waals surface area contributed by atoms with E-state index in [-0.39, 0.29) is 11.9 Å². The Kier molecular flexibility index (Phi) is 5.73. The molecule has 0 saturated carbocycles. The maximum Gasteiger partial charge on any atom is 0.239 e. The number of hydrogen-bond donors (Lipinski definition) is 1. The van der Waals surface area contributed by atoms with Crippen molar-refractivity contribution in [2.45, 2.75) is 13.0 Å². The molecule has 94 valence electrons. The van der Waals surface area contributed by atoms with Crippen molar-refractivity contribution in [3.8, 4) is 0 Å². The second kappa shape index (κ2) is 6.83. The standard InChI is InChI=1S/C11H23N3O2/c1-10(14-6-8-16-9-7-14)11(15)13(3)5-4-12-2/h10,12H,4-9H2,1-3H3. The highest BCUT2D eigenvalue weighted by Gasteiger charge is 2.25. The minimum Gasteiger partial charge on any atom is -0.379 e. The average molecular weight is 229 g/mol. The summed E-state index contributed by atoms with van der Waals surface area (Å²) < 4.78 is 5.28. The molecule has 0 aromatic heterocycles. The van der Waals surface area contributed by atoms with Crippen LogP contribution in [0, 0.1) is 0 Å². The van der Waals surface area contributed by atoms with E-state index in [1.807, 2.05) is 21.0 Å². The zero-order chi connectivity index (χ0) is 12.0. The number of carbonyl (C=O) groups is 1. The molecule has 0 radical (unpaired) electrons. The van der Waals surface area contributed by atoms with E-state index in [1.165, 1.54) is 0 Å². The summed E-state index contributed by atoms with van der Waals surface area (Å²) in [4.78, 5) is 16.0. The Morgan fingerprint density at radius 2 is 2.12 bits per heavy atom. The first-order chi connectivity index (χ1) is 7.66. The third kappa shape index (κ3) is 3.73. The summed E-state index contributed by atoms with van der Waals surface area (Å²) in [6.45, 7) is 6.74. The number of nitrogens with one attached hydrogen (secondary N) is 1. The number of morpholine rings is 1. The lowest BCUT2D eigenvalue weighted by Gasteiger charge is -2.33. The summed E-state index contributed by atoms with van der Waals surface area (Å²) >= 11 is 0. The van der Waals surface area contributed by atoms with Gasteiger partial charge in [0.15, 0.2) is 0 Å². The summed E-state index contributed by atoms with van der Waals surface area (Å²) in [6.07, 6.45) is 0. The Hall–Kier alpha value is -0.650. The third-order valence-corrected chi connectivity index (χ3v) is 3.02. The van der Waals surface area contributed by atoms with Crippen molar-refractivity contribution in [3.63, 3.8) is 0 Å². The molecule has 1 atom stereocenters. The Morgan fingerprint density at radius 3 is 2.69 bits per heavy atom. The number of rotatable bonds is 5. The van der Waals surface area contributed by atoms with Gasteiger partial charge in [-0.05, 0) is 14.0 Å². The monoisotopic (exact) mass is 229 g/mol. The van der Waals surface area contributed by atoms with Crippen LogP contribution < -0.4 is 5.32 Å². The fraction of sp³-hybridized carbons (Fsp3) is 0.909. The van der Waals surface area contributed by atoms with Gasteiger partial charge in [-0.3, -0.25) is 9.69 Å². The number of amides is 1. The van der Waals surface area contributed by atoms with E-state index in [0.717, 1.165) is 39.4 Å². The molecule has 1 amide bonds. The highest BCUT2D eigenvalue weighted by molar-refractivity contribution is 5.81. The van der Waals surface area contributed by atoms with Crippen LogP contribution in [0.4, 0.5) is 0 Å². The van der Waals surface area contributed by atoms with Crippen molar-refractivity contribution in [2.24, 2.45) is 0 Å². The molecule has 0 aromatic carbocycles. The normalized spacial score (nSPS) is 19.4. The molecule has 16 heavy (non-hydrogen) atoms. The van der Waals surface area contributed by atoms with Crippen LogP contribution in [0.15, 0.2) is 0 Å². The summed E-state index contributed by atoms with van der Waals surface area (Å²) in [5.74, 6) is 0.192. The van der Waals surface area contributed by atoms with Gasteiger partial charge in [0.25, 0.3) is 0 Å². The van der Waals surface area contributed by atoms with Crippen molar-refractivity contribution in [2.75, 3.05) is 53.5 Å². The molecule has 5 nitrogen and oxygen atoms in total. The molecule has 0 aromatic rings. The molecule has 1 aliphatic rings. The SMILES string of the molecule is CNCCN(C)C(=O)C(C)N1CCOCC1. The molecule has 0 aliphatic carbocycles. The molecular formula is C11H23N3O2. The van der Waals surface area contributed by atoms with Crippen LogP contribution in [-0.2, 0) is 9.53 Å². The fourth-order valence-electron chi connectivity index (χ4n) is 1.83. The van der Waals surface area contributed by atoms with Gasteiger partial charge in [-0.25, -0.2) is 0 Å². The molecule has 1 N–H and O–H groups in total. The van der Waals surface area contributed by atoms with Gasteiger partial charge in [-0.15, -0.1) is 0 Å². The van der Waals surface area contributed by atoms with E-state index in [9.17, 15) is 4.79 Å². The molecule has 5 heteroatoms. The predicted octanol–water partition coefficient (Wildman–Crippen LogP) is -0.615. The minimum absolute atomic E-state index is 0.0363. The second-order valence-corrected chi connectivity index (χ2v) is 4.19. The summed E-state index contributed by atoms with van der Waals surface area (Å²) in [5, 5.41) is 3.04. The van der Waals surface area contributed by atoms with E-state index in [0.29, 0.717) is 0 Å². The Morgan fingerprint density at radius 1 is 1.50 bits per heavy atom. The Balaban J connectivity index is 2.38. The van der Waals surface area contributed by atoms with Gasteiger partial charge in [0, 0.05) is 33.2 Å². The van der Waals surface area contributed by atoms with Crippen LogP contribution in [0.1, 0.15) is 6.92 Å². The molecule has 1 saturated heterocycles. The van der Waals surface area contributed by atoms with Gasteiger partial charge in [-0.1, -0.05) is 0 Å². The van der Waals surface area contributed by atoms with E-state index in [2.05, 4.69) is 10.2 Å². The van der Waals surface area contributed by atoms with Gasteiger partial charge in [0.1, 0.15) is 0 Å². The lowest BCUT2D eigenvalue weighted by molar-refractivity contribution is -0.136. The number of nitrogens with zero attached hydrogens (tertiary/aromatic N) is 2. The maximum atomic E-state index is 12.1. The van der Waals surface area contributed by atoms with Gasteiger partial charge < -0.3 is 15.0 Å². The highest BCUT2D eigenvalue weighted by atomic mass is 16.5. The largest absolute Gasteiger partial charge is 0.379 e. The van der Waals surface area contributed by atoms with Crippen LogP contribution in [-0.4, -0.2) is 75.2 Å². The van der Waals surface area contributed by atoms with E-state index in [1.54, 1.807) is 4.90 Å². The lowest BCUT2D eigenvalue weighted by Crippen LogP contribution is -2.50. The zero-order valence-corrected chi connectivity index (χ0v) is 10.5. The van der Waals surface area contributed by atoms with Crippen molar-refractivity contribution in [1.82, 2.24) is 15.1 Å². The number of ether oxygens (including phenoxy) is 1. The first kappa shape index (κ1) is 13.4. The second-order valence-electron chi connectivity index (χ2n) is 4.19. The minimum atomic E-state index is -0.0363. The first-order valence-electron chi connectivity index (χ1n) is 5.88. The maximum absolute atomic E-state index is 12.1. The van der Waals surface area contributed by atoms with Crippen LogP contribution in [0.2, 0.25) is 0 Å². The Labute approximate surface area is 97.7 Å². The van der Waals surface area contributed by atoms with Crippen molar-refractivity contribution in [3.05, 3.63) is 0 Å². The number of carbonyl (C=O) groups excluding carboxylic acids is 1. The van der Waals surface area contributed by atoms with Crippen LogP contribution >= 0.6 is 0 Å². The van der Waals surface area contributed by atoms with Crippen LogP contribution in [0.3, 0.4) is 0 Å². The lowest BCUT2D eigenvalue weighted by atomic mass is 10.2. The molecule has 0 spiro atoms. The first-order valence-corrected chi connectivity index (χ1v) is 5.88. The smallest absolute Gasteiger partial charge is 0.239 e. The molecule has 1 unspecified atom stereocenters. The van der Waals surface area contributed by atoms with Gasteiger partial charge in [0.05, 0.1) is 19.3 Å². The molecule has 1 fully saturated rings.